The molecule has 9 heteroatoms. The van der Waals surface area contributed by atoms with E-state index in [4.69, 9.17) is 4.74 Å². The zero-order valence-electron chi connectivity index (χ0n) is 18.0. The van der Waals surface area contributed by atoms with Crippen LogP contribution in [-0.4, -0.2) is 45.4 Å². The molecule has 1 aliphatic heterocycles. The fraction of sp³-hybridized carbons (Fsp3) is 0.409. The van der Waals surface area contributed by atoms with Crippen LogP contribution in [0.4, 0.5) is 0 Å². The number of sulfonamides is 1. The van der Waals surface area contributed by atoms with Crippen LogP contribution in [0.25, 0.3) is 0 Å². The summed E-state index contributed by atoms with van der Waals surface area (Å²) in [6.07, 6.45) is 1.87. The van der Waals surface area contributed by atoms with Crippen LogP contribution >= 0.6 is 24.0 Å². The lowest BCUT2D eigenvalue weighted by Gasteiger charge is -2.16. The number of rotatable bonds is 8. The lowest BCUT2D eigenvalue weighted by Crippen LogP contribution is -2.36. The first kappa shape index (κ1) is 25.4. The van der Waals surface area contributed by atoms with E-state index in [0.29, 0.717) is 43.6 Å². The van der Waals surface area contributed by atoms with Crippen molar-refractivity contribution in [2.24, 2.45) is 4.99 Å². The maximum absolute atomic E-state index is 12.6. The molecule has 1 aliphatic rings. The number of nitrogens with one attached hydrogen (secondary N) is 2. The second kappa shape index (κ2) is 12.3. The second-order valence-corrected chi connectivity index (χ2v) is 9.01. The van der Waals surface area contributed by atoms with Gasteiger partial charge in [0.25, 0.3) is 0 Å². The van der Waals surface area contributed by atoms with E-state index >= 15 is 0 Å². The molecule has 0 spiro atoms. The normalized spacial score (nSPS) is 14.7. The molecular weight excluding hydrogens is 527 g/mol. The van der Waals surface area contributed by atoms with Gasteiger partial charge in [0.2, 0.25) is 10.0 Å². The summed E-state index contributed by atoms with van der Waals surface area (Å²) < 4.78 is 32.5. The van der Waals surface area contributed by atoms with E-state index < -0.39 is 10.0 Å². The summed E-state index contributed by atoms with van der Waals surface area (Å²) in [5, 5.41) is 6.54. The van der Waals surface area contributed by atoms with E-state index in [2.05, 4.69) is 15.6 Å². The van der Waals surface area contributed by atoms with Crippen molar-refractivity contribution >= 4 is 40.0 Å². The van der Waals surface area contributed by atoms with Gasteiger partial charge in [0.15, 0.2) is 5.96 Å². The van der Waals surface area contributed by atoms with Crippen LogP contribution in [0.3, 0.4) is 0 Å². The standard InChI is InChI=1S/C22H30N4O3S.HI/c1-3-29-21-9-5-4-8-19(21)17-25-22(23-2)24-16-18-10-12-20(13-11-18)30(27,28)26-14-6-7-15-26;/h4-5,8-13H,3,6-7,14-17H2,1-2H3,(H2,23,24,25);1H. The molecule has 3 rings (SSSR count). The number of ether oxygens (including phenoxy) is 1. The zero-order chi connectivity index (χ0) is 21.4. The highest BCUT2D eigenvalue weighted by molar-refractivity contribution is 14.0. The van der Waals surface area contributed by atoms with Gasteiger partial charge in [-0.25, -0.2) is 8.42 Å². The Morgan fingerprint density at radius 2 is 1.68 bits per heavy atom. The highest BCUT2D eigenvalue weighted by atomic mass is 127. The molecule has 31 heavy (non-hydrogen) atoms. The Hall–Kier alpha value is -1.85. The van der Waals surface area contributed by atoms with E-state index in [1.54, 1.807) is 23.5 Å². The third-order valence-corrected chi connectivity index (χ3v) is 6.94. The van der Waals surface area contributed by atoms with Crippen LogP contribution in [0.2, 0.25) is 0 Å². The lowest BCUT2D eigenvalue weighted by molar-refractivity contribution is 0.336. The second-order valence-electron chi connectivity index (χ2n) is 7.08. The summed E-state index contributed by atoms with van der Waals surface area (Å²) in [5.41, 5.74) is 2.03. The molecule has 1 fully saturated rings. The molecule has 1 heterocycles. The molecular formula is C22H31IN4O3S. The molecule has 2 aromatic carbocycles. The van der Waals surface area contributed by atoms with Gasteiger partial charge in [0.1, 0.15) is 5.75 Å². The molecule has 0 atom stereocenters. The van der Waals surface area contributed by atoms with Gasteiger partial charge in [0.05, 0.1) is 11.5 Å². The summed E-state index contributed by atoms with van der Waals surface area (Å²) in [7, 11) is -1.66. The van der Waals surface area contributed by atoms with Crippen LogP contribution in [0, 0.1) is 0 Å². The van der Waals surface area contributed by atoms with E-state index in [9.17, 15) is 8.42 Å². The van der Waals surface area contributed by atoms with Crippen LogP contribution in [0.15, 0.2) is 58.4 Å². The number of para-hydroxylation sites is 1. The monoisotopic (exact) mass is 558 g/mol. The molecule has 170 valence electrons. The minimum atomic E-state index is -3.37. The topological polar surface area (TPSA) is 83.0 Å². The van der Waals surface area contributed by atoms with Crippen molar-refractivity contribution in [2.75, 3.05) is 26.7 Å². The Morgan fingerprint density at radius 1 is 1.03 bits per heavy atom. The zero-order valence-corrected chi connectivity index (χ0v) is 21.2. The number of nitrogens with zero attached hydrogens (tertiary/aromatic N) is 2. The van der Waals surface area contributed by atoms with Crippen molar-refractivity contribution in [1.82, 2.24) is 14.9 Å². The van der Waals surface area contributed by atoms with E-state index in [-0.39, 0.29) is 24.0 Å². The highest BCUT2D eigenvalue weighted by Crippen LogP contribution is 2.21. The minimum Gasteiger partial charge on any atom is -0.494 e. The maximum Gasteiger partial charge on any atom is 0.243 e. The Labute approximate surface area is 202 Å². The highest BCUT2D eigenvalue weighted by Gasteiger charge is 2.26. The molecule has 1 saturated heterocycles. The Bertz CT molecular complexity index is 959. The third kappa shape index (κ3) is 6.81. The van der Waals surface area contributed by atoms with Crippen molar-refractivity contribution in [1.29, 1.82) is 0 Å². The van der Waals surface area contributed by atoms with Crippen LogP contribution in [0.1, 0.15) is 30.9 Å². The molecule has 2 aromatic rings. The fourth-order valence-electron chi connectivity index (χ4n) is 3.39. The van der Waals surface area contributed by atoms with Crippen molar-refractivity contribution in [2.45, 2.75) is 37.8 Å². The molecule has 0 radical (unpaired) electrons. The molecule has 0 bridgehead atoms. The van der Waals surface area contributed by atoms with Gasteiger partial charge in [0, 0.05) is 38.8 Å². The fourth-order valence-corrected chi connectivity index (χ4v) is 4.91. The van der Waals surface area contributed by atoms with Gasteiger partial charge in [-0.15, -0.1) is 24.0 Å². The van der Waals surface area contributed by atoms with Crippen LogP contribution in [-0.2, 0) is 23.1 Å². The van der Waals surface area contributed by atoms with Gasteiger partial charge >= 0.3 is 0 Å². The van der Waals surface area contributed by atoms with Crippen LogP contribution < -0.4 is 15.4 Å². The third-order valence-electron chi connectivity index (χ3n) is 5.03. The van der Waals surface area contributed by atoms with E-state index in [1.165, 1.54) is 0 Å². The molecule has 2 N–H and O–H groups in total. The number of hydrogen-bond donors (Lipinski definition) is 2. The van der Waals surface area contributed by atoms with Crippen molar-refractivity contribution in [3.05, 3.63) is 59.7 Å². The molecule has 0 amide bonds. The largest absolute Gasteiger partial charge is 0.494 e. The van der Waals surface area contributed by atoms with Gasteiger partial charge in [-0.3, -0.25) is 4.99 Å². The molecule has 7 nitrogen and oxygen atoms in total. The van der Waals surface area contributed by atoms with Gasteiger partial charge in [-0.2, -0.15) is 4.31 Å². The smallest absolute Gasteiger partial charge is 0.243 e. The van der Waals surface area contributed by atoms with Crippen molar-refractivity contribution in [3.8, 4) is 5.75 Å². The lowest BCUT2D eigenvalue weighted by atomic mass is 10.2. The molecule has 0 aromatic heterocycles. The first-order valence-electron chi connectivity index (χ1n) is 10.3. The number of guanidine groups is 1. The average molecular weight is 558 g/mol. The van der Waals surface area contributed by atoms with Crippen molar-refractivity contribution in [3.63, 3.8) is 0 Å². The number of benzene rings is 2. The van der Waals surface area contributed by atoms with Crippen molar-refractivity contribution < 1.29 is 13.2 Å². The first-order chi connectivity index (χ1) is 14.5. The average Bonchev–Trinajstić information content (AvgIpc) is 3.31. The number of hydrogen-bond acceptors (Lipinski definition) is 4. The predicted octanol–water partition coefficient (Wildman–Crippen LogP) is 3.35. The predicted molar refractivity (Wildman–Crippen MR) is 134 cm³/mol. The summed E-state index contributed by atoms with van der Waals surface area (Å²) in [5.74, 6) is 1.52. The number of aliphatic imine (C=N–C) groups is 1. The Kier molecular flexibility index (Phi) is 10.0. The van der Waals surface area contributed by atoms with Gasteiger partial charge in [-0.1, -0.05) is 30.3 Å². The SMILES string of the molecule is CCOc1ccccc1CNC(=NC)NCc1ccc(S(=O)(=O)N2CCCC2)cc1.I. The summed E-state index contributed by atoms with van der Waals surface area (Å²) in [6.45, 7) is 4.93. The Morgan fingerprint density at radius 3 is 2.32 bits per heavy atom. The summed E-state index contributed by atoms with van der Waals surface area (Å²) in [6, 6.07) is 14.9. The molecule has 0 saturated carbocycles. The maximum atomic E-state index is 12.6. The van der Waals surface area contributed by atoms with E-state index in [0.717, 1.165) is 29.7 Å². The molecule has 0 unspecified atom stereocenters. The van der Waals surface area contributed by atoms with E-state index in [1.807, 2.05) is 43.3 Å². The minimum absolute atomic E-state index is 0. The molecule has 0 aliphatic carbocycles. The van der Waals surface area contributed by atoms with Crippen LogP contribution in [0.5, 0.6) is 5.75 Å². The summed E-state index contributed by atoms with van der Waals surface area (Å²) >= 11 is 0. The van der Waals surface area contributed by atoms with Gasteiger partial charge < -0.3 is 15.4 Å². The quantitative estimate of drug-likeness (QED) is 0.295. The Balaban J connectivity index is 0.00000341. The first-order valence-corrected chi connectivity index (χ1v) is 11.7. The van der Waals surface area contributed by atoms with Gasteiger partial charge in [-0.05, 0) is 43.5 Å². The number of halogens is 1. The summed E-state index contributed by atoms with van der Waals surface area (Å²) in [4.78, 5) is 4.60.